The van der Waals surface area contributed by atoms with Crippen LogP contribution in [-0.4, -0.2) is 21.0 Å². The van der Waals surface area contributed by atoms with Gasteiger partial charge in [0.2, 0.25) is 0 Å². The van der Waals surface area contributed by atoms with E-state index < -0.39 is 0 Å². The van der Waals surface area contributed by atoms with Crippen LogP contribution in [-0.2, 0) is 13.0 Å². The third-order valence-electron chi connectivity index (χ3n) is 4.56. The predicted octanol–water partition coefficient (Wildman–Crippen LogP) is 3.34. The molecule has 0 aliphatic heterocycles. The number of nitrogens with one attached hydrogen (secondary N) is 1. The van der Waals surface area contributed by atoms with Gasteiger partial charge in [0, 0.05) is 12.4 Å². The number of anilines is 1. The van der Waals surface area contributed by atoms with Crippen LogP contribution in [0.2, 0.25) is 0 Å². The van der Waals surface area contributed by atoms with Gasteiger partial charge in [-0.05, 0) is 35.6 Å². The first-order valence-electron chi connectivity index (χ1n) is 8.56. The van der Waals surface area contributed by atoms with Crippen molar-refractivity contribution in [2.24, 2.45) is 5.92 Å². The van der Waals surface area contributed by atoms with Gasteiger partial charge in [-0.15, -0.1) is 0 Å². The second-order valence-electron chi connectivity index (χ2n) is 6.42. The van der Waals surface area contributed by atoms with Crippen molar-refractivity contribution in [3.05, 3.63) is 53.5 Å². The van der Waals surface area contributed by atoms with E-state index >= 15 is 0 Å². The number of hydrogen-bond acceptors (Lipinski definition) is 4. The quantitative estimate of drug-likeness (QED) is 0.884. The molecule has 0 unspecified atom stereocenters. The number of aliphatic hydroxyl groups excluding tert-OH is 1. The SMILES string of the molecule is O=C(Nc1ccc(CC2CCCCC2)cn1)c1ccc(CO)cn1. The van der Waals surface area contributed by atoms with Gasteiger partial charge in [-0.3, -0.25) is 9.78 Å². The average Bonchev–Trinajstić information content (AvgIpc) is 2.64. The van der Waals surface area contributed by atoms with Crippen LogP contribution in [0.3, 0.4) is 0 Å². The Morgan fingerprint density at radius 3 is 2.42 bits per heavy atom. The Morgan fingerprint density at radius 2 is 1.79 bits per heavy atom. The zero-order valence-corrected chi connectivity index (χ0v) is 13.7. The van der Waals surface area contributed by atoms with Crippen molar-refractivity contribution in [2.45, 2.75) is 45.1 Å². The number of pyridine rings is 2. The Labute approximate surface area is 142 Å². The third-order valence-corrected chi connectivity index (χ3v) is 4.56. The molecule has 0 atom stereocenters. The average molecular weight is 325 g/mol. The summed E-state index contributed by atoms with van der Waals surface area (Å²) in [6.07, 6.45) is 11.1. The van der Waals surface area contributed by atoms with E-state index in [1.54, 1.807) is 12.1 Å². The molecule has 1 aliphatic rings. The van der Waals surface area contributed by atoms with Gasteiger partial charge in [0.05, 0.1) is 6.61 Å². The summed E-state index contributed by atoms with van der Waals surface area (Å²) in [7, 11) is 0. The van der Waals surface area contributed by atoms with Crippen LogP contribution in [0.5, 0.6) is 0 Å². The Balaban J connectivity index is 1.57. The second kappa shape index (κ2) is 8.02. The third kappa shape index (κ3) is 4.38. The monoisotopic (exact) mass is 325 g/mol. The molecule has 2 N–H and O–H groups in total. The molecule has 2 heterocycles. The van der Waals surface area contributed by atoms with Crippen molar-refractivity contribution in [1.82, 2.24) is 9.97 Å². The molecule has 1 fully saturated rings. The molecule has 0 spiro atoms. The number of aromatic nitrogens is 2. The zero-order valence-electron chi connectivity index (χ0n) is 13.7. The maximum absolute atomic E-state index is 12.1. The van der Waals surface area contributed by atoms with E-state index in [1.165, 1.54) is 43.9 Å². The first-order valence-corrected chi connectivity index (χ1v) is 8.56. The summed E-state index contributed by atoms with van der Waals surface area (Å²) in [4.78, 5) is 20.5. The maximum Gasteiger partial charge on any atom is 0.275 e. The van der Waals surface area contributed by atoms with Gasteiger partial charge in [0.15, 0.2) is 0 Å². The second-order valence-corrected chi connectivity index (χ2v) is 6.42. The topological polar surface area (TPSA) is 75.1 Å². The van der Waals surface area contributed by atoms with E-state index in [0.717, 1.165) is 12.3 Å². The number of amides is 1. The normalized spacial score (nSPS) is 15.2. The molecule has 3 rings (SSSR count). The highest BCUT2D eigenvalue weighted by molar-refractivity contribution is 6.02. The van der Waals surface area contributed by atoms with E-state index in [1.807, 2.05) is 18.3 Å². The molecule has 0 saturated heterocycles. The summed E-state index contributed by atoms with van der Waals surface area (Å²) in [5.74, 6) is 1.00. The molecule has 126 valence electrons. The van der Waals surface area contributed by atoms with Gasteiger partial charge in [0.1, 0.15) is 11.5 Å². The molecule has 5 heteroatoms. The lowest BCUT2D eigenvalue weighted by Gasteiger charge is -2.21. The summed E-state index contributed by atoms with van der Waals surface area (Å²) in [5, 5.41) is 11.7. The predicted molar refractivity (Wildman–Crippen MR) is 92.6 cm³/mol. The van der Waals surface area contributed by atoms with Crippen LogP contribution in [0.15, 0.2) is 36.7 Å². The fourth-order valence-corrected chi connectivity index (χ4v) is 3.18. The van der Waals surface area contributed by atoms with Crippen LogP contribution in [0.1, 0.15) is 53.7 Å². The molecule has 1 aliphatic carbocycles. The van der Waals surface area contributed by atoms with Gasteiger partial charge >= 0.3 is 0 Å². The molecule has 1 saturated carbocycles. The molecule has 0 bridgehead atoms. The van der Waals surface area contributed by atoms with Crippen molar-refractivity contribution in [1.29, 1.82) is 0 Å². The smallest absolute Gasteiger partial charge is 0.275 e. The van der Waals surface area contributed by atoms with Crippen LogP contribution in [0.25, 0.3) is 0 Å². The first kappa shape index (κ1) is 16.6. The number of carbonyl (C=O) groups is 1. The van der Waals surface area contributed by atoms with E-state index in [-0.39, 0.29) is 12.5 Å². The van der Waals surface area contributed by atoms with E-state index in [2.05, 4.69) is 15.3 Å². The van der Waals surface area contributed by atoms with Crippen molar-refractivity contribution >= 4 is 11.7 Å². The van der Waals surface area contributed by atoms with Gasteiger partial charge in [-0.1, -0.05) is 44.2 Å². The fourth-order valence-electron chi connectivity index (χ4n) is 3.18. The molecule has 24 heavy (non-hydrogen) atoms. The van der Waals surface area contributed by atoms with Gasteiger partial charge in [0.25, 0.3) is 5.91 Å². The van der Waals surface area contributed by atoms with E-state index in [4.69, 9.17) is 5.11 Å². The fraction of sp³-hybridized carbons (Fsp3) is 0.421. The minimum atomic E-state index is -0.299. The number of aliphatic hydroxyl groups is 1. The Kier molecular flexibility index (Phi) is 5.54. The molecular formula is C19H23N3O2. The lowest BCUT2D eigenvalue weighted by atomic mass is 9.85. The molecule has 2 aromatic heterocycles. The highest BCUT2D eigenvalue weighted by atomic mass is 16.3. The van der Waals surface area contributed by atoms with E-state index in [0.29, 0.717) is 17.1 Å². The lowest BCUT2D eigenvalue weighted by molar-refractivity contribution is 0.102. The largest absolute Gasteiger partial charge is 0.392 e. The summed E-state index contributed by atoms with van der Waals surface area (Å²) in [6, 6.07) is 7.17. The summed E-state index contributed by atoms with van der Waals surface area (Å²) >= 11 is 0. The molecule has 1 amide bonds. The summed E-state index contributed by atoms with van der Waals surface area (Å²) < 4.78 is 0. The van der Waals surface area contributed by atoms with Crippen molar-refractivity contribution in [2.75, 3.05) is 5.32 Å². The number of rotatable bonds is 5. The molecular weight excluding hydrogens is 302 g/mol. The number of nitrogens with zero attached hydrogens (tertiary/aromatic N) is 2. The minimum absolute atomic E-state index is 0.0844. The highest BCUT2D eigenvalue weighted by Gasteiger charge is 2.14. The van der Waals surface area contributed by atoms with Crippen LogP contribution in [0.4, 0.5) is 5.82 Å². The Morgan fingerprint density at radius 1 is 1.04 bits per heavy atom. The zero-order chi connectivity index (χ0) is 16.8. The molecule has 0 aromatic carbocycles. The van der Waals surface area contributed by atoms with Crippen LogP contribution in [0, 0.1) is 5.92 Å². The van der Waals surface area contributed by atoms with Crippen molar-refractivity contribution in [3.63, 3.8) is 0 Å². The Bertz CT molecular complexity index is 662. The van der Waals surface area contributed by atoms with Crippen LogP contribution < -0.4 is 5.32 Å². The van der Waals surface area contributed by atoms with Crippen LogP contribution >= 0.6 is 0 Å². The van der Waals surface area contributed by atoms with Crippen molar-refractivity contribution in [3.8, 4) is 0 Å². The highest BCUT2D eigenvalue weighted by Crippen LogP contribution is 2.26. The molecule has 0 radical (unpaired) electrons. The standard InChI is InChI=1S/C19H23N3O2/c23-13-16-6-8-17(20-12-16)19(24)22-18-9-7-15(11-21-18)10-14-4-2-1-3-5-14/h6-9,11-12,14,23H,1-5,10,13H2,(H,21,22,24). The van der Waals surface area contributed by atoms with Gasteiger partial charge in [-0.25, -0.2) is 4.98 Å². The van der Waals surface area contributed by atoms with Gasteiger partial charge in [-0.2, -0.15) is 0 Å². The van der Waals surface area contributed by atoms with E-state index in [9.17, 15) is 4.79 Å². The molecule has 2 aromatic rings. The Hall–Kier alpha value is -2.27. The minimum Gasteiger partial charge on any atom is -0.392 e. The number of hydrogen-bond donors (Lipinski definition) is 2. The number of carbonyl (C=O) groups excluding carboxylic acids is 1. The lowest BCUT2D eigenvalue weighted by Crippen LogP contribution is -2.15. The summed E-state index contributed by atoms with van der Waals surface area (Å²) in [6.45, 7) is -0.0844. The molecule has 5 nitrogen and oxygen atoms in total. The van der Waals surface area contributed by atoms with Crippen molar-refractivity contribution < 1.29 is 9.90 Å². The maximum atomic E-state index is 12.1. The first-order chi connectivity index (χ1) is 11.7. The summed E-state index contributed by atoms with van der Waals surface area (Å²) in [5.41, 5.74) is 2.21. The van der Waals surface area contributed by atoms with Gasteiger partial charge < -0.3 is 10.4 Å².